The van der Waals surface area contributed by atoms with Gasteiger partial charge in [0.2, 0.25) is 15.9 Å². The largest absolute Gasteiger partial charge is 0.493 e. The highest BCUT2D eigenvalue weighted by atomic mass is 35.5. The molecule has 174 valence electrons. The second kappa shape index (κ2) is 9.39. The second-order valence-electron chi connectivity index (χ2n) is 7.39. The Morgan fingerprint density at radius 2 is 1.72 bits per heavy atom. The Kier molecular flexibility index (Phi) is 7.01. The number of hydrogen-bond donors (Lipinski definition) is 2. The Morgan fingerprint density at radius 1 is 1.12 bits per heavy atom. The van der Waals surface area contributed by atoms with Crippen molar-refractivity contribution in [1.82, 2.24) is 8.87 Å². The molecular formula is C20H25ClN4O6S. The zero-order valence-electron chi connectivity index (χ0n) is 17.9. The first kappa shape index (κ1) is 23.9. The van der Waals surface area contributed by atoms with Crippen LogP contribution in [0.3, 0.4) is 0 Å². The van der Waals surface area contributed by atoms with Gasteiger partial charge in [0, 0.05) is 44.4 Å². The lowest BCUT2D eigenvalue weighted by Gasteiger charge is -2.30. The highest BCUT2D eigenvalue weighted by Gasteiger charge is 2.33. The van der Waals surface area contributed by atoms with Crippen LogP contribution in [-0.4, -0.2) is 56.4 Å². The third kappa shape index (κ3) is 4.69. The molecular weight excluding hydrogens is 460 g/mol. The molecule has 2 heterocycles. The van der Waals surface area contributed by atoms with E-state index in [1.54, 1.807) is 19.2 Å². The minimum atomic E-state index is -3.81. The third-order valence-corrected chi connectivity index (χ3v) is 7.60. The van der Waals surface area contributed by atoms with Crippen LogP contribution in [0, 0.1) is 5.92 Å². The smallest absolute Gasteiger partial charge is 0.265 e. The van der Waals surface area contributed by atoms with E-state index in [0.29, 0.717) is 35.1 Å². The highest BCUT2D eigenvalue weighted by molar-refractivity contribution is 7.89. The van der Waals surface area contributed by atoms with Gasteiger partial charge >= 0.3 is 0 Å². The van der Waals surface area contributed by atoms with Gasteiger partial charge in [-0.2, -0.15) is 4.31 Å². The van der Waals surface area contributed by atoms with E-state index in [1.807, 2.05) is 0 Å². The van der Waals surface area contributed by atoms with E-state index in [2.05, 4.69) is 5.32 Å². The average Bonchev–Trinajstić information content (AvgIpc) is 3.17. The molecule has 0 saturated carbocycles. The van der Waals surface area contributed by atoms with Crippen LogP contribution in [0.25, 0.3) is 0 Å². The fourth-order valence-corrected chi connectivity index (χ4v) is 5.35. The third-order valence-electron chi connectivity index (χ3n) is 5.43. The molecule has 1 aromatic carbocycles. The van der Waals surface area contributed by atoms with Gasteiger partial charge in [-0.05, 0) is 18.9 Å². The number of nitrogens with zero attached hydrogens (tertiary/aromatic N) is 2. The number of aryl methyl sites for hydroxylation is 1. The van der Waals surface area contributed by atoms with E-state index in [4.69, 9.17) is 26.8 Å². The number of aromatic nitrogens is 1. The molecule has 3 rings (SSSR count). The zero-order valence-corrected chi connectivity index (χ0v) is 19.5. The topological polar surface area (TPSA) is 133 Å². The first-order valence-corrected chi connectivity index (χ1v) is 11.6. The number of halogens is 1. The predicted octanol–water partition coefficient (Wildman–Crippen LogP) is 1.83. The molecule has 3 N–H and O–H groups in total. The van der Waals surface area contributed by atoms with Crippen molar-refractivity contribution in [2.24, 2.45) is 18.7 Å². The summed E-state index contributed by atoms with van der Waals surface area (Å²) in [5.41, 5.74) is 5.76. The first-order chi connectivity index (χ1) is 15.1. The van der Waals surface area contributed by atoms with Crippen molar-refractivity contribution in [3.8, 4) is 11.5 Å². The molecule has 2 amide bonds. The van der Waals surface area contributed by atoms with Crippen molar-refractivity contribution in [3.05, 3.63) is 35.1 Å². The summed E-state index contributed by atoms with van der Waals surface area (Å²) in [6, 6.07) is 4.38. The molecule has 1 aliphatic heterocycles. The molecule has 10 nitrogen and oxygen atoms in total. The normalized spacial score (nSPS) is 15.4. The molecule has 0 unspecified atom stereocenters. The molecule has 0 aliphatic carbocycles. The lowest BCUT2D eigenvalue weighted by molar-refractivity contribution is -0.120. The number of nitrogens with two attached hydrogens (primary N) is 1. The van der Waals surface area contributed by atoms with E-state index < -0.39 is 15.9 Å². The summed E-state index contributed by atoms with van der Waals surface area (Å²) in [4.78, 5) is 24.2. The van der Waals surface area contributed by atoms with Crippen LogP contribution in [0.2, 0.25) is 5.02 Å². The van der Waals surface area contributed by atoms with Crippen LogP contribution >= 0.6 is 11.6 Å². The van der Waals surface area contributed by atoms with Crippen LogP contribution in [-0.2, 0) is 21.9 Å². The number of primary amides is 1. The molecule has 1 saturated heterocycles. The number of hydrogen-bond acceptors (Lipinski definition) is 6. The summed E-state index contributed by atoms with van der Waals surface area (Å²) in [5.74, 6) is -0.492. The van der Waals surface area contributed by atoms with Gasteiger partial charge in [0.05, 0.1) is 24.9 Å². The number of benzene rings is 1. The Bertz CT molecular complexity index is 1140. The number of carbonyl (C=O) groups excluding carboxylic acids is 2. The molecule has 0 bridgehead atoms. The summed E-state index contributed by atoms with van der Waals surface area (Å²) in [6.45, 7) is 0.335. The van der Waals surface area contributed by atoms with E-state index in [1.165, 1.54) is 35.4 Å². The van der Waals surface area contributed by atoms with Crippen LogP contribution in [0.4, 0.5) is 5.69 Å². The molecule has 1 aliphatic rings. The number of ether oxygens (including phenoxy) is 2. The first-order valence-electron chi connectivity index (χ1n) is 9.77. The van der Waals surface area contributed by atoms with Crippen LogP contribution in [0.5, 0.6) is 11.5 Å². The lowest BCUT2D eigenvalue weighted by Crippen LogP contribution is -2.41. The van der Waals surface area contributed by atoms with Gasteiger partial charge in [-0.15, -0.1) is 0 Å². The van der Waals surface area contributed by atoms with E-state index in [-0.39, 0.29) is 35.5 Å². The van der Waals surface area contributed by atoms with Crippen molar-refractivity contribution in [3.63, 3.8) is 0 Å². The summed E-state index contributed by atoms with van der Waals surface area (Å²) < 4.78 is 39.0. The molecule has 1 fully saturated rings. The monoisotopic (exact) mass is 484 g/mol. The molecule has 0 radical (unpaired) electrons. The minimum absolute atomic E-state index is 0.00573. The van der Waals surface area contributed by atoms with Crippen molar-refractivity contribution in [1.29, 1.82) is 0 Å². The summed E-state index contributed by atoms with van der Waals surface area (Å²) in [6.07, 6.45) is 2.03. The van der Waals surface area contributed by atoms with Crippen LogP contribution in [0.1, 0.15) is 23.3 Å². The summed E-state index contributed by atoms with van der Waals surface area (Å²) in [7, 11) is 0.707. The van der Waals surface area contributed by atoms with Gasteiger partial charge < -0.3 is 25.1 Å². The fourth-order valence-electron chi connectivity index (χ4n) is 3.61. The van der Waals surface area contributed by atoms with Gasteiger partial charge in [0.15, 0.2) is 11.5 Å². The van der Waals surface area contributed by atoms with Gasteiger partial charge in [0.1, 0.15) is 10.6 Å². The highest BCUT2D eigenvalue weighted by Crippen LogP contribution is 2.36. The van der Waals surface area contributed by atoms with Gasteiger partial charge in [0.25, 0.3) is 5.91 Å². The maximum absolute atomic E-state index is 12.9. The number of amides is 2. The lowest BCUT2D eigenvalue weighted by atomic mass is 9.97. The van der Waals surface area contributed by atoms with Crippen molar-refractivity contribution in [2.75, 3.05) is 32.6 Å². The van der Waals surface area contributed by atoms with E-state index in [0.717, 1.165) is 0 Å². The zero-order chi connectivity index (χ0) is 23.6. The number of nitrogens with one attached hydrogen (secondary N) is 1. The molecule has 0 spiro atoms. The van der Waals surface area contributed by atoms with Gasteiger partial charge in [-0.25, -0.2) is 8.42 Å². The fraction of sp³-hybridized carbons (Fsp3) is 0.400. The number of anilines is 1. The second-order valence-corrected chi connectivity index (χ2v) is 9.74. The number of piperidine rings is 1. The SMILES string of the molecule is COc1cc(Cl)c(NC(=O)C2CCN(S(=O)(=O)c3cc(C(N)=O)n(C)c3)CC2)cc1OC. The predicted molar refractivity (Wildman–Crippen MR) is 119 cm³/mol. The molecule has 0 atom stereocenters. The van der Waals surface area contributed by atoms with E-state index >= 15 is 0 Å². The van der Waals surface area contributed by atoms with Gasteiger partial charge in [-0.1, -0.05) is 11.6 Å². The number of rotatable bonds is 7. The van der Waals surface area contributed by atoms with Crippen molar-refractivity contribution >= 4 is 39.1 Å². The standard InChI is InChI=1S/C20H25ClN4O6S/c1-24-11-13(8-16(24)19(22)26)32(28,29)25-6-4-12(5-7-25)20(27)23-15-10-18(31-3)17(30-2)9-14(15)21/h8-12H,4-7H2,1-3H3,(H2,22,26)(H,23,27). The number of carbonyl (C=O) groups is 2. The molecule has 2 aromatic rings. The van der Waals surface area contributed by atoms with E-state index in [9.17, 15) is 18.0 Å². The molecule has 32 heavy (non-hydrogen) atoms. The summed E-state index contributed by atoms with van der Waals surface area (Å²) in [5, 5.41) is 3.08. The maximum Gasteiger partial charge on any atom is 0.265 e. The quantitative estimate of drug-likeness (QED) is 0.616. The Balaban J connectivity index is 1.67. The van der Waals surface area contributed by atoms with Crippen molar-refractivity contribution in [2.45, 2.75) is 17.7 Å². The Labute approximate surface area is 191 Å². The molecule has 12 heteroatoms. The van der Waals surface area contributed by atoms with Crippen LogP contribution < -0.4 is 20.5 Å². The maximum atomic E-state index is 12.9. The number of methoxy groups -OCH3 is 2. The Morgan fingerprint density at radius 3 is 2.25 bits per heavy atom. The van der Waals surface area contributed by atoms with Crippen molar-refractivity contribution < 1.29 is 27.5 Å². The number of sulfonamides is 1. The molecule has 1 aromatic heterocycles. The van der Waals surface area contributed by atoms with Gasteiger partial charge in [-0.3, -0.25) is 9.59 Å². The average molecular weight is 485 g/mol. The Hall–Kier alpha value is -2.76. The van der Waals surface area contributed by atoms with Crippen LogP contribution in [0.15, 0.2) is 29.3 Å². The summed E-state index contributed by atoms with van der Waals surface area (Å²) >= 11 is 6.24. The minimum Gasteiger partial charge on any atom is -0.493 e.